The van der Waals surface area contributed by atoms with Crippen molar-refractivity contribution in [3.05, 3.63) is 30.1 Å². The molecule has 2 amide bonds. The molecular formula is C16H19F3N2O2. The maximum absolute atomic E-state index is 13.9. The van der Waals surface area contributed by atoms with Crippen LogP contribution in [-0.4, -0.2) is 30.8 Å². The molecule has 23 heavy (non-hydrogen) atoms. The van der Waals surface area contributed by atoms with E-state index in [-0.39, 0.29) is 5.69 Å². The van der Waals surface area contributed by atoms with Crippen LogP contribution in [0.2, 0.25) is 0 Å². The average Bonchev–Trinajstić information content (AvgIpc) is 2.50. The maximum Gasteiger partial charge on any atom is 0.252 e. The van der Waals surface area contributed by atoms with E-state index in [4.69, 9.17) is 0 Å². The minimum Gasteiger partial charge on any atom is -0.344 e. The van der Waals surface area contributed by atoms with Crippen LogP contribution in [-0.2, 0) is 9.59 Å². The zero-order chi connectivity index (χ0) is 17.2. The molecular weight excluding hydrogens is 309 g/mol. The third-order valence-electron chi connectivity index (χ3n) is 4.02. The molecule has 1 fully saturated rings. The largest absolute Gasteiger partial charge is 0.344 e. The molecule has 1 saturated heterocycles. The molecule has 1 N–H and O–H groups in total. The first kappa shape index (κ1) is 17.3. The van der Waals surface area contributed by atoms with Crippen molar-refractivity contribution in [2.45, 2.75) is 39.2 Å². The number of alkyl halides is 2. The van der Waals surface area contributed by atoms with Gasteiger partial charge in [0.2, 0.25) is 11.8 Å². The van der Waals surface area contributed by atoms with Gasteiger partial charge in [0, 0.05) is 6.54 Å². The normalized spacial score (nSPS) is 19.1. The maximum atomic E-state index is 13.9. The van der Waals surface area contributed by atoms with Gasteiger partial charge in [-0.05, 0) is 38.8 Å². The average molecular weight is 328 g/mol. The van der Waals surface area contributed by atoms with Crippen molar-refractivity contribution >= 4 is 17.5 Å². The van der Waals surface area contributed by atoms with Crippen molar-refractivity contribution in [3.8, 4) is 0 Å². The molecule has 1 aromatic carbocycles. The van der Waals surface area contributed by atoms with Gasteiger partial charge in [-0.25, -0.2) is 13.2 Å². The summed E-state index contributed by atoms with van der Waals surface area (Å²) in [5, 5.41) is 2.38. The molecule has 0 unspecified atom stereocenters. The van der Waals surface area contributed by atoms with Gasteiger partial charge in [-0.2, -0.15) is 0 Å². The lowest BCUT2D eigenvalue weighted by Gasteiger charge is -2.34. The Kier molecular flexibility index (Phi) is 4.97. The number of amides is 2. The number of anilines is 1. The number of rotatable bonds is 4. The van der Waals surface area contributed by atoms with E-state index in [9.17, 15) is 22.8 Å². The Morgan fingerprint density at radius 1 is 1.35 bits per heavy atom. The monoisotopic (exact) mass is 328 g/mol. The van der Waals surface area contributed by atoms with Crippen molar-refractivity contribution < 1.29 is 22.8 Å². The van der Waals surface area contributed by atoms with E-state index in [1.54, 1.807) is 6.07 Å². The van der Waals surface area contributed by atoms with Crippen LogP contribution in [0.25, 0.3) is 0 Å². The molecule has 0 spiro atoms. The summed E-state index contributed by atoms with van der Waals surface area (Å²) in [7, 11) is 0. The Morgan fingerprint density at radius 3 is 2.61 bits per heavy atom. The molecule has 1 atom stereocenters. The van der Waals surface area contributed by atoms with E-state index in [0.29, 0.717) is 19.4 Å². The van der Waals surface area contributed by atoms with Gasteiger partial charge < -0.3 is 10.2 Å². The topological polar surface area (TPSA) is 49.4 Å². The van der Waals surface area contributed by atoms with E-state index < -0.39 is 35.5 Å². The second kappa shape index (κ2) is 6.60. The van der Waals surface area contributed by atoms with Gasteiger partial charge in [0.25, 0.3) is 6.43 Å². The summed E-state index contributed by atoms with van der Waals surface area (Å²) in [6.07, 6.45) is -1.96. The zero-order valence-electron chi connectivity index (χ0n) is 13.0. The summed E-state index contributed by atoms with van der Waals surface area (Å²) in [5.74, 6) is -1.92. The number of carbonyl (C=O) groups excluding carboxylic acids is 2. The first-order valence-corrected chi connectivity index (χ1v) is 7.40. The van der Waals surface area contributed by atoms with Crippen LogP contribution in [0, 0.1) is 11.2 Å². The summed E-state index contributed by atoms with van der Waals surface area (Å²) < 4.78 is 39.7. The number of halogens is 3. The molecule has 0 aliphatic carbocycles. The summed E-state index contributed by atoms with van der Waals surface area (Å²) in [6.45, 7) is 2.56. The van der Waals surface area contributed by atoms with Crippen LogP contribution < -0.4 is 10.2 Å². The van der Waals surface area contributed by atoms with Gasteiger partial charge in [0.1, 0.15) is 17.3 Å². The number of para-hydroxylation sites is 1. The van der Waals surface area contributed by atoms with E-state index >= 15 is 0 Å². The predicted molar refractivity (Wildman–Crippen MR) is 79.7 cm³/mol. The number of nitrogens with zero attached hydrogens (tertiary/aromatic N) is 1. The second-order valence-corrected chi connectivity index (χ2v) is 6.13. The van der Waals surface area contributed by atoms with E-state index in [2.05, 4.69) is 5.32 Å². The highest BCUT2D eigenvalue weighted by Crippen LogP contribution is 2.27. The molecule has 1 aliphatic rings. The molecule has 0 saturated carbocycles. The first-order valence-electron chi connectivity index (χ1n) is 7.40. The van der Waals surface area contributed by atoms with Gasteiger partial charge >= 0.3 is 0 Å². The number of carbonyl (C=O) groups is 2. The molecule has 1 aliphatic heterocycles. The molecule has 1 heterocycles. The number of benzene rings is 1. The fraction of sp³-hybridized carbons (Fsp3) is 0.500. The Morgan fingerprint density at radius 2 is 2.00 bits per heavy atom. The van der Waals surface area contributed by atoms with Crippen molar-refractivity contribution in [2.75, 3.05) is 11.4 Å². The fourth-order valence-corrected chi connectivity index (χ4v) is 2.36. The Hall–Kier alpha value is -2.05. The van der Waals surface area contributed by atoms with Gasteiger partial charge in [-0.3, -0.25) is 9.59 Å². The Balaban J connectivity index is 2.15. The second-order valence-electron chi connectivity index (χ2n) is 6.13. The number of hydrogen-bond donors (Lipinski definition) is 1. The van der Waals surface area contributed by atoms with Crippen LogP contribution in [0.4, 0.5) is 18.9 Å². The van der Waals surface area contributed by atoms with Gasteiger partial charge in [0.15, 0.2) is 0 Å². The molecule has 4 nitrogen and oxygen atoms in total. The number of nitrogens with one attached hydrogen (secondary N) is 1. The van der Waals surface area contributed by atoms with Crippen LogP contribution in [0.3, 0.4) is 0 Å². The smallest absolute Gasteiger partial charge is 0.252 e. The lowest BCUT2D eigenvalue weighted by Crippen LogP contribution is -2.55. The predicted octanol–water partition coefficient (Wildman–Crippen LogP) is 2.73. The summed E-state index contributed by atoms with van der Waals surface area (Å²) >= 11 is 0. The van der Waals surface area contributed by atoms with Crippen molar-refractivity contribution in [3.63, 3.8) is 0 Å². The van der Waals surface area contributed by atoms with Gasteiger partial charge in [0.05, 0.1) is 5.69 Å². The van der Waals surface area contributed by atoms with Crippen LogP contribution in [0.15, 0.2) is 24.3 Å². The Labute approximate surface area is 132 Å². The molecule has 1 aromatic rings. The molecule has 126 valence electrons. The molecule has 7 heteroatoms. The van der Waals surface area contributed by atoms with E-state index in [0.717, 1.165) is 13.8 Å². The molecule has 0 radical (unpaired) electrons. The molecule has 0 bridgehead atoms. The summed E-state index contributed by atoms with van der Waals surface area (Å²) in [4.78, 5) is 25.7. The summed E-state index contributed by atoms with van der Waals surface area (Å²) in [6, 6.07) is 4.91. The lowest BCUT2D eigenvalue weighted by atomic mass is 9.92. The van der Waals surface area contributed by atoms with Gasteiger partial charge in [-0.15, -0.1) is 0 Å². The zero-order valence-corrected chi connectivity index (χ0v) is 13.0. The van der Waals surface area contributed by atoms with Gasteiger partial charge in [-0.1, -0.05) is 12.1 Å². The number of piperidine rings is 1. The molecule has 2 rings (SSSR count). The highest BCUT2D eigenvalue weighted by Gasteiger charge is 2.41. The number of hydrogen-bond acceptors (Lipinski definition) is 2. The Bertz CT molecular complexity index is 605. The summed E-state index contributed by atoms with van der Waals surface area (Å²) in [5.41, 5.74) is -1.76. The first-order chi connectivity index (χ1) is 10.7. The van der Waals surface area contributed by atoms with Crippen LogP contribution in [0.1, 0.15) is 26.7 Å². The van der Waals surface area contributed by atoms with Crippen molar-refractivity contribution in [1.82, 2.24) is 5.32 Å². The fourth-order valence-electron chi connectivity index (χ4n) is 2.36. The van der Waals surface area contributed by atoms with Crippen molar-refractivity contribution in [1.29, 1.82) is 0 Å². The SMILES string of the molecule is CC(C)(C(=O)N[C@H]1CCCN(c2ccccc2F)C1=O)C(F)F. The van der Waals surface area contributed by atoms with E-state index in [1.165, 1.54) is 23.1 Å². The highest BCUT2D eigenvalue weighted by molar-refractivity contribution is 6.00. The third kappa shape index (κ3) is 3.48. The molecule has 0 aromatic heterocycles. The highest BCUT2D eigenvalue weighted by atomic mass is 19.3. The standard InChI is InChI=1S/C16H19F3N2O2/c1-16(2,14(18)19)15(23)20-11-7-5-9-21(13(11)22)12-8-4-3-6-10(12)17/h3-4,6,8,11,14H,5,7,9H2,1-2H3,(H,20,23)/t11-/m0/s1. The lowest BCUT2D eigenvalue weighted by molar-refractivity contribution is -0.140. The minimum absolute atomic E-state index is 0.129. The minimum atomic E-state index is -2.84. The third-order valence-corrected chi connectivity index (χ3v) is 4.02. The van der Waals surface area contributed by atoms with Crippen LogP contribution in [0.5, 0.6) is 0 Å². The van der Waals surface area contributed by atoms with Crippen LogP contribution >= 0.6 is 0 Å². The quantitative estimate of drug-likeness (QED) is 0.924. The van der Waals surface area contributed by atoms with E-state index in [1.807, 2.05) is 0 Å². The van der Waals surface area contributed by atoms with Crippen molar-refractivity contribution in [2.24, 2.45) is 5.41 Å².